The zero-order valence-corrected chi connectivity index (χ0v) is 38.2. The van der Waals surface area contributed by atoms with Crippen LogP contribution in [0.25, 0.3) is 32.6 Å². The predicted molar refractivity (Wildman–Crippen MR) is 293 cm³/mol. The molecule has 332 valence electrons. The highest BCUT2D eigenvalue weighted by atomic mass is 15.2. The fourth-order valence-corrected chi connectivity index (χ4v) is 9.71. The van der Waals surface area contributed by atoms with Gasteiger partial charge < -0.3 is 19.6 Å². The Morgan fingerprint density at radius 2 is 0.457 bits per heavy atom. The van der Waals surface area contributed by atoms with E-state index in [0.29, 0.717) is 0 Å². The molecule has 0 bridgehead atoms. The molecule has 70 heavy (non-hydrogen) atoms. The Bertz CT molecular complexity index is 3460. The van der Waals surface area contributed by atoms with Gasteiger partial charge >= 0.3 is 0 Å². The summed E-state index contributed by atoms with van der Waals surface area (Å²) < 4.78 is 0. The summed E-state index contributed by atoms with van der Waals surface area (Å²) in [5, 5.41) is 4.76. The highest BCUT2D eigenvalue weighted by molar-refractivity contribution is 6.04. The Labute approximate surface area is 407 Å². The minimum absolute atomic E-state index is 0.776. The molecule has 11 aromatic carbocycles. The van der Waals surface area contributed by atoms with E-state index in [4.69, 9.17) is 9.97 Å². The first-order chi connectivity index (χ1) is 34.8. The number of anilines is 12. The molecule has 12 aromatic rings. The number of fused-ring (bicyclic) bond motifs is 3. The summed E-state index contributed by atoms with van der Waals surface area (Å²) >= 11 is 0. The van der Waals surface area contributed by atoms with Crippen molar-refractivity contribution in [3.63, 3.8) is 0 Å². The summed E-state index contributed by atoms with van der Waals surface area (Å²) in [5.74, 6) is 0. The summed E-state index contributed by atoms with van der Waals surface area (Å²) in [6, 6.07) is 94.3. The zero-order chi connectivity index (χ0) is 46.6. The third-order valence-electron chi connectivity index (χ3n) is 12.9. The van der Waals surface area contributed by atoms with E-state index in [1.807, 2.05) is 0 Å². The molecule has 6 nitrogen and oxygen atoms in total. The molecule has 12 rings (SSSR count). The van der Waals surface area contributed by atoms with Gasteiger partial charge in [0.1, 0.15) is 11.0 Å². The third kappa shape index (κ3) is 7.89. The molecule has 0 atom stereocenters. The second-order valence-electron chi connectivity index (χ2n) is 17.1. The molecular weight excluding hydrogens is 853 g/mol. The van der Waals surface area contributed by atoms with Crippen LogP contribution in [0.15, 0.2) is 279 Å². The van der Waals surface area contributed by atoms with Crippen molar-refractivity contribution in [2.45, 2.75) is 0 Å². The van der Waals surface area contributed by atoms with Crippen LogP contribution >= 0.6 is 0 Å². The monoisotopic (exact) mass is 898 g/mol. The molecule has 0 aliphatic heterocycles. The van der Waals surface area contributed by atoms with Gasteiger partial charge in [-0.1, -0.05) is 146 Å². The van der Waals surface area contributed by atoms with E-state index in [2.05, 4.69) is 287 Å². The number of aromatic nitrogens is 2. The first-order valence-electron chi connectivity index (χ1n) is 23.6. The molecule has 0 N–H and O–H groups in total. The normalized spacial score (nSPS) is 11.1. The Balaban J connectivity index is 0.966. The van der Waals surface area contributed by atoms with Crippen molar-refractivity contribution in [2.24, 2.45) is 0 Å². The maximum Gasteiger partial charge on any atom is 0.115 e. The van der Waals surface area contributed by atoms with Crippen molar-refractivity contribution in [3.8, 4) is 0 Å². The van der Waals surface area contributed by atoms with Crippen LogP contribution in [0.2, 0.25) is 0 Å². The van der Waals surface area contributed by atoms with Crippen LogP contribution in [-0.4, -0.2) is 9.97 Å². The predicted octanol–water partition coefficient (Wildman–Crippen LogP) is 17.8. The van der Waals surface area contributed by atoms with Gasteiger partial charge in [0, 0.05) is 68.7 Å². The quantitative estimate of drug-likeness (QED) is 0.122. The Morgan fingerprint density at radius 3 is 0.786 bits per heavy atom. The zero-order valence-electron chi connectivity index (χ0n) is 38.2. The van der Waals surface area contributed by atoms with Gasteiger partial charge in [-0.25, -0.2) is 0 Å². The van der Waals surface area contributed by atoms with Crippen LogP contribution in [0.5, 0.6) is 0 Å². The van der Waals surface area contributed by atoms with Crippen molar-refractivity contribution in [2.75, 3.05) is 19.6 Å². The summed E-state index contributed by atoms with van der Waals surface area (Å²) in [6.45, 7) is 0. The number of hydrogen-bond acceptors (Lipinski definition) is 6. The largest absolute Gasteiger partial charge is 0.310 e. The second-order valence-corrected chi connectivity index (χ2v) is 17.1. The minimum Gasteiger partial charge on any atom is -0.310 e. The number of para-hydroxylation sites is 4. The van der Waals surface area contributed by atoms with Gasteiger partial charge in [-0.15, -0.1) is 0 Å². The molecule has 0 radical (unpaired) electrons. The lowest BCUT2D eigenvalue weighted by atomic mass is 10.1. The van der Waals surface area contributed by atoms with E-state index in [9.17, 15) is 0 Å². The van der Waals surface area contributed by atoms with Crippen molar-refractivity contribution in [3.05, 3.63) is 279 Å². The van der Waals surface area contributed by atoms with Gasteiger partial charge in [0.05, 0.1) is 22.7 Å². The van der Waals surface area contributed by atoms with E-state index in [0.717, 1.165) is 79.3 Å². The fourth-order valence-electron chi connectivity index (χ4n) is 9.71. The maximum atomic E-state index is 5.12. The highest BCUT2D eigenvalue weighted by Gasteiger charge is 2.24. The second kappa shape index (κ2) is 18.6. The van der Waals surface area contributed by atoms with Gasteiger partial charge in [0.25, 0.3) is 0 Å². The van der Waals surface area contributed by atoms with Crippen molar-refractivity contribution in [1.29, 1.82) is 0 Å². The first kappa shape index (κ1) is 41.9. The highest BCUT2D eigenvalue weighted by Crippen LogP contribution is 2.47. The van der Waals surface area contributed by atoms with E-state index >= 15 is 0 Å². The van der Waals surface area contributed by atoms with Gasteiger partial charge in [-0.3, -0.25) is 9.97 Å². The third-order valence-corrected chi connectivity index (χ3v) is 12.9. The standard InChI is InChI=1S/C64H46N6/c1-5-23-49(24-6-1)67(59-33-17-21-47-19-13-15-31-57(47)59)53-35-39-55(40-36-53)69(51-27-9-3-10-28-51)61-43-44-62(64-63(61)65-45-46-66-64)70(52-29-11-4-12-30-52)56-41-37-54(38-42-56)68(50-25-7-2-8-26-50)60-34-18-22-48-20-14-16-32-58(48)60/h1-46H. The Hall–Kier alpha value is -9.52. The van der Waals surface area contributed by atoms with Crippen LogP contribution in [0, 0.1) is 0 Å². The number of nitrogens with zero attached hydrogens (tertiary/aromatic N) is 6. The molecule has 1 aromatic heterocycles. The van der Waals surface area contributed by atoms with Crippen LogP contribution in [0.1, 0.15) is 0 Å². The van der Waals surface area contributed by atoms with Gasteiger partial charge in [-0.2, -0.15) is 0 Å². The van der Waals surface area contributed by atoms with Crippen LogP contribution < -0.4 is 19.6 Å². The van der Waals surface area contributed by atoms with Crippen LogP contribution in [-0.2, 0) is 0 Å². The number of hydrogen-bond donors (Lipinski definition) is 0. The molecule has 0 fully saturated rings. The van der Waals surface area contributed by atoms with Crippen molar-refractivity contribution < 1.29 is 0 Å². The van der Waals surface area contributed by atoms with Crippen molar-refractivity contribution >= 4 is 101 Å². The molecular formula is C64H46N6. The number of benzene rings is 11. The summed E-state index contributed by atoms with van der Waals surface area (Å²) in [4.78, 5) is 19.5. The molecule has 0 saturated carbocycles. The maximum absolute atomic E-state index is 5.12. The number of rotatable bonds is 12. The molecule has 0 amide bonds. The van der Waals surface area contributed by atoms with Gasteiger partial charge in [-0.05, 0) is 132 Å². The smallest absolute Gasteiger partial charge is 0.115 e. The molecule has 6 heteroatoms. The van der Waals surface area contributed by atoms with Crippen molar-refractivity contribution in [1.82, 2.24) is 9.97 Å². The lowest BCUT2D eigenvalue weighted by Crippen LogP contribution is -2.15. The average molecular weight is 899 g/mol. The Kier molecular flexibility index (Phi) is 11.1. The van der Waals surface area contributed by atoms with E-state index in [1.165, 1.54) is 21.5 Å². The lowest BCUT2D eigenvalue weighted by Gasteiger charge is -2.31. The van der Waals surface area contributed by atoms with Crippen LogP contribution in [0.4, 0.5) is 68.2 Å². The lowest BCUT2D eigenvalue weighted by molar-refractivity contribution is 1.22. The SMILES string of the molecule is c1ccc(N(c2ccc(N(c3ccccc3)c3ccc(N(c4ccccc4)c4ccc(N(c5ccccc5)c5cccc6ccccc56)cc4)c4nccnc34)cc2)c2cccc3ccccc23)cc1. The molecule has 0 aliphatic rings. The molecule has 0 spiro atoms. The van der Waals surface area contributed by atoms with Gasteiger partial charge in [0.15, 0.2) is 0 Å². The molecule has 0 aliphatic carbocycles. The summed E-state index contributed by atoms with van der Waals surface area (Å²) in [6.07, 6.45) is 3.58. The topological polar surface area (TPSA) is 38.7 Å². The molecule has 1 heterocycles. The Morgan fingerprint density at radius 1 is 0.200 bits per heavy atom. The first-order valence-corrected chi connectivity index (χ1v) is 23.6. The van der Waals surface area contributed by atoms with E-state index in [-0.39, 0.29) is 0 Å². The summed E-state index contributed by atoms with van der Waals surface area (Å²) in [5.41, 5.74) is 13.9. The average Bonchev–Trinajstić information content (AvgIpc) is 3.44. The van der Waals surface area contributed by atoms with Gasteiger partial charge in [0.2, 0.25) is 0 Å². The van der Waals surface area contributed by atoms with E-state index in [1.54, 1.807) is 12.4 Å². The molecule has 0 unspecified atom stereocenters. The fraction of sp³-hybridized carbons (Fsp3) is 0. The summed E-state index contributed by atoms with van der Waals surface area (Å²) in [7, 11) is 0. The molecule has 0 saturated heterocycles. The minimum atomic E-state index is 0.776. The van der Waals surface area contributed by atoms with E-state index < -0.39 is 0 Å². The van der Waals surface area contributed by atoms with Crippen LogP contribution in [0.3, 0.4) is 0 Å².